The zero-order chi connectivity index (χ0) is 11.4. The van der Waals surface area contributed by atoms with Crippen LogP contribution in [0.25, 0.3) is 0 Å². The summed E-state index contributed by atoms with van der Waals surface area (Å²) in [4.78, 5) is 11.6. The van der Waals surface area contributed by atoms with Crippen LogP contribution in [-0.2, 0) is 0 Å². The first-order valence-electron chi connectivity index (χ1n) is 5.50. The van der Waals surface area contributed by atoms with E-state index in [0.717, 1.165) is 12.8 Å². The van der Waals surface area contributed by atoms with Gasteiger partial charge in [-0.15, -0.1) is 0 Å². The quantitative estimate of drug-likeness (QED) is 0.821. The van der Waals surface area contributed by atoms with Crippen molar-refractivity contribution < 1.29 is 9.53 Å². The van der Waals surface area contributed by atoms with Crippen LogP contribution in [0.4, 0.5) is 10.5 Å². The predicted molar refractivity (Wildman–Crippen MR) is 62.8 cm³/mol. The lowest BCUT2D eigenvalue weighted by molar-refractivity contribution is 0.240. The van der Waals surface area contributed by atoms with Gasteiger partial charge in [0.05, 0.1) is 12.8 Å². The second-order valence-electron chi connectivity index (χ2n) is 3.93. The summed E-state index contributed by atoms with van der Waals surface area (Å²) in [5, 5.41) is 5.70. The number of anilines is 1. The third-order valence-corrected chi connectivity index (χ3v) is 2.80. The number of para-hydroxylation sites is 2. The maximum absolute atomic E-state index is 11.6. The molecular weight excluding hydrogens is 204 g/mol. The van der Waals surface area contributed by atoms with Crippen molar-refractivity contribution in [3.8, 4) is 5.75 Å². The van der Waals surface area contributed by atoms with Crippen molar-refractivity contribution in [3.63, 3.8) is 0 Å². The van der Waals surface area contributed by atoms with Gasteiger partial charge in [-0.2, -0.15) is 0 Å². The fraction of sp³-hybridized carbons (Fsp3) is 0.417. The lowest BCUT2D eigenvalue weighted by atomic mass is 9.93. The zero-order valence-corrected chi connectivity index (χ0v) is 9.32. The fourth-order valence-corrected chi connectivity index (χ4v) is 1.64. The van der Waals surface area contributed by atoms with Crippen molar-refractivity contribution in [2.45, 2.75) is 25.3 Å². The van der Waals surface area contributed by atoms with Crippen LogP contribution < -0.4 is 15.4 Å². The molecule has 0 unspecified atom stereocenters. The van der Waals surface area contributed by atoms with Crippen molar-refractivity contribution in [1.82, 2.24) is 5.32 Å². The van der Waals surface area contributed by atoms with Gasteiger partial charge in [0.25, 0.3) is 0 Å². The van der Waals surface area contributed by atoms with Crippen LogP contribution in [0.15, 0.2) is 24.3 Å². The van der Waals surface area contributed by atoms with Crippen LogP contribution in [0.3, 0.4) is 0 Å². The molecule has 1 fully saturated rings. The number of methoxy groups -OCH3 is 1. The predicted octanol–water partition coefficient (Wildman–Crippen LogP) is 2.37. The van der Waals surface area contributed by atoms with E-state index in [-0.39, 0.29) is 6.03 Å². The molecule has 0 bridgehead atoms. The molecule has 0 heterocycles. The van der Waals surface area contributed by atoms with E-state index >= 15 is 0 Å². The number of benzene rings is 1. The monoisotopic (exact) mass is 220 g/mol. The van der Waals surface area contributed by atoms with Crippen molar-refractivity contribution in [1.29, 1.82) is 0 Å². The molecule has 1 saturated carbocycles. The summed E-state index contributed by atoms with van der Waals surface area (Å²) < 4.78 is 5.15. The van der Waals surface area contributed by atoms with E-state index in [0.29, 0.717) is 17.5 Å². The van der Waals surface area contributed by atoms with Crippen molar-refractivity contribution in [2.75, 3.05) is 12.4 Å². The molecule has 4 heteroatoms. The van der Waals surface area contributed by atoms with Crippen LogP contribution in [0, 0.1) is 0 Å². The first-order chi connectivity index (χ1) is 7.79. The molecule has 4 nitrogen and oxygen atoms in total. The molecule has 0 spiro atoms. The minimum absolute atomic E-state index is 0.158. The van der Waals surface area contributed by atoms with Crippen LogP contribution in [0.5, 0.6) is 5.75 Å². The Hall–Kier alpha value is -1.71. The Morgan fingerprint density at radius 2 is 2.12 bits per heavy atom. The molecule has 0 aromatic heterocycles. The number of rotatable bonds is 3. The van der Waals surface area contributed by atoms with Gasteiger partial charge in [0.15, 0.2) is 0 Å². The molecule has 0 radical (unpaired) electrons. The minimum atomic E-state index is -0.158. The third kappa shape index (κ3) is 2.45. The Kier molecular flexibility index (Phi) is 3.29. The Morgan fingerprint density at radius 3 is 2.75 bits per heavy atom. The summed E-state index contributed by atoms with van der Waals surface area (Å²) in [6.45, 7) is 0. The molecule has 2 amide bonds. The van der Waals surface area contributed by atoms with Crippen molar-refractivity contribution in [3.05, 3.63) is 24.3 Å². The van der Waals surface area contributed by atoms with Crippen LogP contribution in [0.1, 0.15) is 19.3 Å². The molecule has 16 heavy (non-hydrogen) atoms. The van der Waals surface area contributed by atoms with E-state index in [2.05, 4.69) is 10.6 Å². The number of amides is 2. The second-order valence-corrected chi connectivity index (χ2v) is 3.93. The number of urea groups is 1. The van der Waals surface area contributed by atoms with E-state index in [9.17, 15) is 4.79 Å². The van der Waals surface area contributed by atoms with Crippen LogP contribution in [0.2, 0.25) is 0 Å². The number of hydrogen-bond acceptors (Lipinski definition) is 2. The smallest absolute Gasteiger partial charge is 0.319 e. The Balaban J connectivity index is 1.94. The van der Waals surface area contributed by atoms with Gasteiger partial charge in [0.1, 0.15) is 5.75 Å². The summed E-state index contributed by atoms with van der Waals surface area (Å²) >= 11 is 0. The molecule has 0 atom stereocenters. The number of carbonyl (C=O) groups is 1. The number of carbonyl (C=O) groups excluding carboxylic acids is 1. The first-order valence-corrected chi connectivity index (χ1v) is 5.50. The highest BCUT2D eigenvalue weighted by atomic mass is 16.5. The van der Waals surface area contributed by atoms with Gasteiger partial charge in [-0.1, -0.05) is 12.1 Å². The summed E-state index contributed by atoms with van der Waals surface area (Å²) in [6, 6.07) is 7.55. The number of nitrogens with one attached hydrogen (secondary N) is 2. The largest absolute Gasteiger partial charge is 0.495 e. The normalized spacial score (nSPS) is 15.1. The zero-order valence-electron chi connectivity index (χ0n) is 9.32. The highest BCUT2D eigenvalue weighted by Gasteiger charge is 2.19. The van der Waals surface area contributed by atoms with Gasteiger partial charge in [0.2, 0.25) is 0 Å². The highest BCUT2D eigenvalue weighted by Crippen LogP contribution is 2.23. The maximum atomic E-state index is 11.6. The molecule has 0 aliphatic heterocycles. The second kappa shape index (κ2) is 4.88. The van der Waals surface area contributed by atoms with Gasteiger partial charge >= 0.3 is 6.03 Å². The maximum Gasteiger partial charge on any atom is 0.319 e. The molecule has 0 saturated heterocycles. The van der Waals surface area contributed by atoms with Gasteiger partial charge < -0.3 is 15.4 Å². The highest BCUT2D eigenvalue weighted by molar-refractivity contribution is 5.91. The molecular formula is C12H16N2O2. The topological polar surface area (TPSA) is 50.4 Å². The average molecular weight is 220 g/mol. The SMILES string of the molecule is COc1ccccc1NC(=O)NC1CCC1. The first kappa shape index (κ1) is 10.8. The molecule has 1 aromatic rings. The Labute approximate surface area is 95.0 Å². The van der Waals surface area contributed by atoms with E-state index in [1.807, 2.05) is 24.3 Å². The van der Waals surface area contributed by atoms with Crippen molar-refractivity contribution in [2.24, 2.45) is 0 Å². The van der Waals surface area contributed by atoms with E-state index in [4.69, 9.17) is 4.74 Å². The molecule has 1 aliphatic rings. The number of ether oxygens (including phenoxy) is 1. The molecule has 2 N–H and O–H groups in total. The Morgan fingerprint density at radius 1 is 1.38 bits per heavy atom. The van der Waals surface area contributed by atoms with Gasteiger partial charge in [-0.25, -0.2) is 4.79 Å². The van der Waals surface area contributed by atoms with Gasteiger partial charge in [0, 0.05) is 6.04 Å². The fourth-order valence-electron chi connectivity index (χ4n) is 1.64. The summed E-state index contributed by atoms with van der Waals surface area (Å²) in [5.41, 5.74) is 0.696. The molecule has 86 valence electrons. The molecule has 1 aromatic carbocycles. The van der Waals surface area contributed by atoms with E-state index in [1.54, 1.807) is 7.11 Å². The molecule has 2 rings (SSSR count). The summed E-state index contributed by atoms with van der Waals surface area (Å²) in [6.07, 6.45) is 3.37. The summed E-state index contributed by atoms with van der Waals surface area (Å²) in [7, 11) is 1.59. The van der Waals surface area contributed by atoms with Crippen LogP contribution in [-0.4, -0.2) is 19.2 Å². The van der Waals surface area contributed by atoms with Gasteiger partial charge in [-0.3, -0.25) is 0 Å². The van der Waals surface area contributed by atoms with E-state index in [1.165, 1.54) is 6.42 Å². The lowest BCUT2D eigenvalue weighted by Crippen LogP contribution is -2.41. The lowest BCUT2D eigenvalue weighted by Gasteiger charge is -2.26. The van der Waals surface area contributed by atoms with E-state index < -0.39 is 0 Å². The number of hydrogen-bond donors (Lipinski definition) is 2. The average Bonchev–Trinajstić information content (AvgIpc) is 2.24. The molecule has 1 aliphatic carbocycles. The Bertz CT molecular complexity index is 375. The minimum Gasteiger partial charge on any atom is -0.495 e. The standard InChI is InChI=1S/C12H16N2O2/c1-16-11-8-3-2-7-10(11)14-12(15)13-9-5-4-6-9/h2-3,7-9H,4-6H2,1H3,(H2,13,14,15). The van der Waals surface area contributed by atoms with Crippen LogP contribution >= 0.6 is 0 Å². The third-order valence-electron chi connectivity index (χ3n) is 2.80. The summed E-state index contributed by atoms with van der Waals surface area (Å²) in [5.74, 6) is 0.672. The van der Waals surface area contributed by atoms with Gasteiger partial charge in [-0.05, 0) is 31.4 Å². The van der Waals surface area contributed by atoms with Crippen molar-refractivity contribution >= 4 is 11.7 Å².